The zero-order chi connectivity index (χ0) is 20.4. The molecule has 1 aliphatic heterocycles. The number of ketones is 1. The fourth-order valence-electron chi connectivity index (χ4n) is 3.90. The predicted octanol–water partition coefficient (Wildman–Crippen LogP) is 2.92. The van der Waals surface area contributed by atoms with Gasteiger partial charge in [-0.05, 0) is 24.1 Å². The Labute approximate surface area is 171 Å². The summed E-state index contributed by atoms with van der Waals surface area (Å²) in [5.41, 5.74) is 2.92. The minimum Gasteiger partial charge on any atom is -0.360 e. The molecule has 0 unspecified atom stereocenters. The number of hydrogen-bond donors (Lipinski definition) is 1. The van der Waals surface area contributed by atoms with Crippen LogP contribution in [0.15, 0.2) is 59.6 Å². The summed E-state index contributed by atoms with van der Waals surface area (Å²) in [7, 11) is -3.48. The fourth-order valence-corrected chi connectivity index (χ4v) is 5.34. The van der Waals surface area contributed by atoms with E-state index in [1.807, 2.05) is 17.0 Å². The SMILES string of the molecule is CCc1cccc2c(C(=O)CN3CCN(S(=O)(=O)c4ccccc4)CC3)c[nH]c12. The van der Waals surface area contributed by atoms with Gasteiger partial charge < -0.3 is 4.98 Å². The van der Waals surface area contributed by atoms with Crippen molar-refractivity contribution in [2.24, 2.45) is 0 Å². The summed E-state index contributed by atoms with van der Waals surface area (Å²) < 4.78 is 27.0. The molecule has 2 heterocycles. The van der Waals surface area contributed by atoms with E-state index in [1.54, 1.807) is 36.5 Å². The molecule has 6 nitrogen and oxygen atoms in total. The summed E-state index contributed by atoms with van der Waals surface area (Å²) in [5.74, 6) is 0.0591. The summed E-state index contributed by atoms with van der Waals surface area (Å²) >= 11 is 0. The number of carbonyl (C=O) groups excluding carboxylic acids is 1. The predicted molar refractivity (Wildman–Crippen MR) is 114 cm³/mol. The molecule has 0 atom stereocenters. The fraction of sp³-hybridized carbons (Fsp3) is 0.318. The molecule has 4 rings (SSSR count). The number of benzene rings is 2. The van der Waals surface area contributed by atoms with E-state index in [4.69, 9.17) is 0 Å². The third-order valence-corrected chi connectivity index (χ3v) is 7.48. The number of sulfonamides is 1. The summed E-state index contributed by atoms with van der Waals surface area (Å²) in [6, 6.07) is 14.5. The van der Waals surface area contributed by atoms with Crippen LogP contribution in [0.2, 0.25) is 0 Å². The largest absolute Gasteiger partial charge is 0.360 e. The molecule has 1 aliphatic rings. The molecule has 0 saturated carbocycles. The van der Waals surface area contributed by atoms with Crippen LogP contribution in [0.5, 0.6) is 0 Å². The molecular weight excluding hydrogens is 386 g/mol. The molecule has 29 heavy (non-hydrogen) atoms. The maximum atomic E-state index is 12.9. The Hall–Kier alpha value is -2.48. The molecule has 0 spiro atoms. The zero-order valence-electron chi connectivity index (χ0n) is 16.5. The maximum absolute atomic E-state index is 12.9. The molecule has 1 aromatic heterocycles. The molecule has 3 aromatic rings. The van der Waals surface area contributed by atoms with E-state index >= 15 is 0 Å². The van der Waals surface area contributed by atoms with Gasteiger partial charge in [-0.25, -0.2) is 8.42 Å². The number of H-pyrrole nitrogens is 1. The maximum Gasteiger partial charge on any atom is 0.243 e. The first-order valence-electron chi connectivity index (χ1n) is 9.90. The van der Waals surface area contributed by atoms with Gasteiger partial charge in [-0.15, -0.1) is 0 Å². The smallest absolute Gasteiger partial charge is 0.243 e. The number of aryl methyl sites for hydroxylation is 1. The number of Topliss-reactive ketones (excluding diaryl/α,β-unsaturated/α-hetero) is 1. The van der Waals surface area contributed by atoms with E-state index in [-0.39, 0.29) is 5.78 Å². The lowest BCUT2D eigenvalue weighted by Crippen LogP contribution is -2.49. The van der Waals surface area contributed by atoms with E-state index in [0.717, 1.165) is 17.3 Å². The standard InChI is InChI=1S/C22H25N3O3S/c1-2-17-7-6-10-19-20(15-23-22(17)19)21(26)16-24-11-13-25(14-12-24)29(27,28)18-8-4-3-5-9-18/h3-10,15,23H,2,11-14,16H2,1H3. The Morgan fingerprint density at radius 1 is 1.00 bits per heavy atom. The number of carbonyl (C=O) groups is 1. The highest BCUT2D eigenvalue weighted by molar-refractivity contribution is 7.89. The van der Waals surface area contributed by atoms with Gasteiger partial charge >= 0.3 is 0 Å². The van der Waals surface area contributed by atoms with E-state index in [0.29, 0.717) is 43.2 Å². The van der Waals surface area contributed by atoms with Gasteiger partial charge in [0.05, 0.1) is 11.4 Å². The Morgan fingerprint density at radius 2 is 1.72 bits per heavy atom. The van der Waals surface area contributed by atoms with Gasteiger partial charge in [-0.1, -0.05) is 43.3 Å². The highest BCUT2D eigenvalue weighted by atomic mass is 32.2. The van der Waals surface area contributed by atoms with E-state index in [9.17, 15) is 13.2 Å². The number of para-hydroxylation sites is 1. The third kappa shape index (κ3) is 3.85. The number of piperazine rings is 1. The van der Waals surface area contributed by atoms with Crippen molar-refractivity contribution < 1.29 is 13.2 Å². The van der Waals surface area contributed by atoms with Crippen LogP contribution in [-0.4, -0.2) is 61.1 Å². The number of fused-ring (bicyclic) bond motifs is 1. The second kappa shape index (κ2) is 8.10. The first kappa shape index (κ1) is 19.8. The van der Waals surface area contributed by atoms with Crippen molar-refractivity contribution in [3.05, 3.63) is 65.9 Å². The monoisotopic (exact) mass is 411 g/mol. The first-order valence-corrected chi connectivity index (χ1v) is 11.3. The van der Waals surface area contributed by atoms with Crippen molar-refractivity contribution in [1.29, 1.82) is 0 Å². The third-order valence-electron chi connectivity index (χ3n) is 5.56. The number of rotatable bonds is 6. The van der Waals surface area contributed by atoms with Crippen molar-refractivity contribution in [2.75, 3.05) is 32.7 Å². The van der Waals surface area contributed by atoms with Gasteiger partial charge in [0.1, 0.15) is 0 Å². The molecular formula is C22H25N3O3S. The second-order valence-electron chi connectivity index (χ2n) is 7.31. The quantitative estimate of drug-likeness (QED) is 0.633. The lowest BCUT2D eigenvalue weighted by molar-refractivity contribution is 0.0903. The molecule has 0 aliphatic carbocycles. The molecule has 7 heteroatoms. The van der Waals surface area contributed by atoms with Crippen LogP contribution in [0.25, 0.3) is 10.9 Å². The normalized spacial score (nSPS) is 16.3. The van der Waals surface area contributed by atoms with Gasteiger partial charge in [0, 0.05) is 48.8 Å². The number of aromatic nitrogens is 1. The molecule has 1 saturated heterocycles. The van der Waals surface area contributed by atoms with Crippen molar-refractivity contribution >= 4 is 26.7 Å². The molecule has 0 amide bonds. The van der Waals surface area contributed by atoms with Crippen LogP contribution in [0.3, 0.4) is 0 Å². The van der Waals surface area contributed by atoms with Crippen molar-refractivity contribution in [2.45, 2.75) is 18.2 Å². The van der Waals surface area contributed by atoms with Gasteiger partial charge in [0.15, 0.2) is 5.78 Å². The van der Waals surface area contributed by atoms with Crippen molar-refractivity contribution in [1.82, 2.24) is 14.2 Å². The number of nitrogens with zero attached hydrogens (tertiary/aromatic N) is 2. The Morgan fingerprint density at radius 3 is 2.41 bits per heavy atom. The van der Waals surface area contributed by atoms with Crippen LogP contribution >= 0.6 is 0 Å². The van der Waals surface area contributed by atoms with Crippen LogP contribution in [0.1, 0.15) is 22.8 Å². The topological polar surface area (TPSA) is 73.5 Å². The summed E-state index contributed by atoms with van der Waals surface area (Å²) in [4.78, 5) is 18.5. The van der Waals surface area contributed by atoms with Crippen LogP contribution in [0, 0.1) is 0 Å². The average Bonchev–Trinajstić information content (AvgIpc) is 3.19. The lowest BCUT2D eigenvalue weighted by atomic mass is 10.0. The van der Waals surface area contributed by atoms with Crippen molar-refractivity contribution in [3.8, 4) is 0 Å². The summed E-state index contributed by atoms with van der Waals surface area (Å²) in [6.07, 6.45) is 2.70. The van der Waals surface area contributed by atoms with Crippen LogP contribution < -0.4 is 0 Å². The van der Waals surface area contributed by atoms with Crippen LogP contribution in [-0.2, 0) is 16.4 Å². The van der Waals surface area contributed by atoms with Gasteiger partial charge in [-0.3, -0.25) is 9.69 Å². The van der Waals surface area contributed by atoms with Crippen LogP contribution in [0.4, 0.5) is 0 Å². The molecule has 152 valence electrons. The van der Waals surface area contributed by atoms with Gasteiger partial charge in [-0.2, -0.15) is 4.31 Å². The highest BCUT2D eigenvalue weighted by Crippen LogP contribution is 2.23. The Balaban J connectivity index is 1.42. The molecule has 2 aromatic carbocycles. The van der Waals surface area contributed by atoms with E-state index < -0.39 is 10.0 Å². The Bertz CT molecular complexity index is 1110. The average molecular weight is 412 g/mol. The number of nitrogens with one attached hydrogen (secondary N) is 1. The van der Waals surface area contributed by atoms with Crippen molar-refractivity contribution in [3.63, 3.8) is 0 Å². The lowest BCUT2D eigenvalue weighted by Gasteiger charge is -2.33. The van der Waals surface area contributed by atoms with Gasteiger partial charge in [0.25, 0.3) is 0 Å². The van der Waals surface area contributed by atoms with E-state index in [2.05, 4.69) is 18.0 Å². The summed E-state index contributed by atoms with van der Waals surface area (Å²) in [6.45, 7) is 4.25. The Kier molecular flexibility index (Phi) is 5.54. The minimum atomic E-state index is -3.48. The first-order chi connectivity index (χ1) is 14.0. The molecule has 0 bridgehead atoms. The second-order valence-corrected chi connectivity index (χ2v) is 9.25. The summed E-state index contributed by atoms with van der Waals surface area (Å²) in [5, 5.41) is 0.958. The van der Waals surface area contributed by atoms with Gasteiger partial charge in [0.2, 0.25) is 10.0 Å². The molecule has 1 fully saturated rings. The zero-order valence-corrected chi connectivity index (χ0v) is 17.3. The molecule has 0 radical (unpaired) electrons. The number of aromatic amines is 1. The minimum absolute atomic E-state index is 0.0591. The highest BCUT2D eigenvalue weighted by Gasteiger charge is 2.29. The molecule has 1 N–H and O–H groups in total. The van der Waals surface area contributed by atoms with E-state index in [1.165, 1.54) is 9.87 Å². The number of hydrogen-bond acceptors (Lipinski definition) is 4.